The van der Waals surface area contributed by atoms with Crippen molar-refractivity contribution in [3.8, 4) is 29.2 Å². The highest BCUT2D eigenvalue weighted by atomic mass is 16.5. The molecule has 0 aliphatic carbocycles. The molecule has 0 N–H and O–H groups in total. The van der Waals surface area contributed by atoms with E-state index in [1.165, 1.54) is 0 Å². The molecule has 172 valence electrons. The molecule has 1 aliphatic rings. The molecule has 8 nitrogen and oxygen atoms in total. The first-order valence-electron chi connectivity index (χ1n) is 11.4. The first kappa shape index (κ1) is 21.8. The van der Waals surface area contributed by atoms with E-state index < -0.39 is 5.41 Å². The molecule has 3 aromatic heterocycles. The van der Waals surface area contributed by atoms with E-state index in [0.717, 1.165) is 47.7 Å². The molecule has 1 aliphatic heterocycles. The largest absolute Gasteiger partial charge is 0.479 e. The summed E-state index contributed by atoms with van der Waals surface area (Å²) in [5.41, 5.74) is 4.03. The second kappa shape index (κ2) is 8.41. The Balaban J connectivity index is 1.51. The fourth-order valence-electron chi connectivity index (χ4n) is 4.44. The van der Waals surface area contributed by atoms with Crippen molar-refractivity contribution in [3.05, 3.63) is 71.6 Å². The zero-order valence-corrected chi connectivity index (χ0v) is 19.9. The lowest BCUT2D eigenvalue weighted by Gasteiger charge is -2.24. The van der Waals surface area contributed by atoms with Crippen molar-refractivity contribution >= 4 is 0 Å². The maximum atomic E-state index is 9.57. The van der Waals surface area contributed by atoms with E-state index in [9.17, 15) is 5.26 Å². The van der Waals surface area contributed by atoms with Crippen LogP contribution in [0.1, 0.15) is 55.3 Å². The number of benzene rings is 1. The van der Waals surface area contributed by atoms with Crippen molar-refractivity contribution in [1.82, 2.24) is 29.3 Å². The van der Waals surface area contributed by atoms with Gasteiger partial charge in [0.1, 0.15) is 17.2 Å². The second-order valence-electron chi connectivity index (χ2n) is 9.22. The molecule has 0 fully saturated rings. The number of methoxy groups -OCH3 is 1. The van der Waals surface area contributed by atoms with Gasteiger partial charge < -0.3 is 9.30 Å². The molecule has 0 radical (unpaired) electrons. The third-order valence-electron chi connectivity index (χ3n) is 6.42. The van der Waals surface area contributed by atoms with E-state index in [1.54, 1.807) is 13.4 Å². The first-order chi connectivity index (χ1) is 16.4. The Bertz CT molecular complexity index is 1390. The summed E-state index contributed by atoms with van der Waals surface area (Å²) in [6.07, 6.45) is 5.68. The minimum atomic E-state index is -0.542. The quantitative estimate of drug-likeness (QED) is 0.439. The highest BCUT2D eigenvalue weighted by molar-refractivity contribution is 5.55. The molecule has 4 aromatic rings. The van der Waals surface area contributed by atoms with E-state index in [0.29, 0.717) is 17.4 Å². The topological polar surface area (TPSA) is 94.4 Å². The maximum absolute atomic E-state index is 9.57. The summed E-state index contributed by atoms with van der Waals surface area (Å²) < 4.78 is 9.46. The minimum Gasteiger partial charge on any atom is -0.479 e. The van der Waals surface area contributed by atoms with Gasteiger partial charge in [0, 0.05) is 18.7 Å². The Morgan fingerprint density at radius 1 is 1.18 bits per heavy atom. The molecule has 8 heteroatoms. The summed E-state index contributed by atoms with van der Waals surface area (Å²) in [4.78, 5) is 13.9. The van der Waals surface area contributed by atoms with Crippen LogP contribution in [-0.2, 0) is 12.0 Å². The van der Waals surface area contributed by atoms with Crippen LogP contribution < -0.4 is 4.74 Å². The van der Waals surface area contributed by atoms with Crippen LogP contribution in [0.4, 0.5) is 0 Å². The van der Waals surface area contributed by atoms with Crippen LogP contribution in [0.15, 0.2) is 48.9 Å². The van der Waals surface area contributed by atoms with Crippen molar-refractivity contribution in [2.24, 2.45) is 0 Å². The maximum Gasteiger partial charge on any atom is 0.238 e. The lowest BCUT2D eigenvalue weighted by atomic mass is 9.82. The van der Waals surface area contributed by atoms with Gasteiger partial charge in [0.2, 0.25) is 5.88 Å². The van der Waals surface area contributed by atoms with E-state index >= 15 is 0 Å². The van der Waals surface area contributed by atoms with Gasteiger partial charge in [-0.2, -0.15) is 5.26 Å². The predicted molar refractivity (Wildman–Crippen MR) is 128 cm³/mol. The molecule has 5 rings (SSSR count). The molecule has 4 heterocycles. The zero-order valence-electron chi connectivity index (χ0n) is 19.9. The monoisotopic (exact) mass is 453 g/mol. The zero-order chi connectivity index (χ0) is 23.9. The second-order valence-corrected chi connectivity index (χ2v) is 9.22. The van der Waals surface area contributed by atoms with Crippen LogP contribution in [0, 0.1) is 18.3 Å². The molecular weight excluding hydrogens is 426 g/mol. The first-order valence-corrected chi connectivity index (χ1v) is 11.4. The number of nitrogens with zero attached hydrogens (tertiary/aromatic N) is 7. The van der Waals surface area contributed by atoms with Crippen LogP contribution in [0.3, 0.4) is 0 Å². The van der Waals surface area contributed by atoms with Gasteiger partial charge in [-0.05, 0) is 56.9 Å². The normalized spacial score (nSPS) is 15.6. The van der Waals surface area contributed by atoms with Gasteiger partial charge in [0.25, 0.3) is 0 Å². The van der Waals surface area contributed by atoms with Crippen LogP contribution in [0.2, 0.25) is 0 Å². The number of aromatic nitrogens is 6. The van der Waals surface area contributed by atoms with Crippen molar-refractivity contribution in [2.45, 2.75) is 51.5 Å². The molecule has 0 unspecified atom stereocenters. The SMILES string of the molecule is COc1nc(-c2nc3n(n2)CCC[C@H]3c2cccc(C(C)(C)C#N)c2)ccc1-n1cnc(C)c1. The summed E-state index contributed by atoms with van der Waals surface area (Å²) >= 11 is 0. The summed E-state index contributed by atoms with van der Waals surface area (Å²) in [7, 11) is 1.61. The van der Waals surface area contributed by atoms with E-state index in [1.807, 2.05) is 60.5 Å². The van der Waals surface area contributed by atoms with E-state index in [2.05, 4.69) is 23.2 Å². The van der Waals surface area contributed by atoms with Gasteiger partial charge >= 0.3 is 0 Å². The Kier molecular flexibility index (Phi) is 5.40. The lowest BCUT2D eigenvalue weighted by molar-refractivity contribution is 0.396. The lowest BCUT2D eigenvalue weighted by Crippen LogP contribution is -2.19. The Hall–Kier alpha value is -3.99. The molecule has 0 spiro atoms. The number of nitriles is 1. The molecule has 0 saturated carbocycles. The number of aryl methyl sites for hydroxylation is 2. The van der Waals surface area contributed by atoms with Crippen LogP contribution in [-0.4, -0.2) is 36.4 Å². The summed E-state index contributed by atoms with van der Waals surface area (Å²) in [5, 5.41) is 14.4. The molecule has 1 atom stereocenters. The Morgan fingerprint density at radius 3 is 2.76 bits per heavy atom. The molecular formula is C26H27N7O. The number of ether oxygens (including phenoxy) is 1. The molecule has 34 heavy (non-hydrogen) atoms. The number of hydrogen-bond acceptors (Lipinski definition) is 6. The van der Waals surface area contributed by atoms with Crippen molar-refractivity contribution in [2.75, 3.05) is 7.11 Å². The van der Waals surface area contributed by atoms with Crippen molar-refractivity contribution in [3.63, 3.8) is 0 Å². The van der Waals surface area contributed by atoms with Gasteiger partial charge in [-0.15, -0.1) is 5.10 Å². The molecule has 0 saturated heterocycles. The number of hydrogen-bond donors (Lipinski definition) is 0. The highest BCUT2D eigenvalue weighted by Gasteiger charge is 2.28. The van der Waals surface area contributed by atoms with Crippen LogP contribution in [0.5, 0.6) is 5.88 Å². The van der Waals surface area contributed by atoms with Crippen molar-refractivity contribution < 1.29 is 4.74 Å². The van der Waals surface area contributed by atoms with Gasteiger partial charge in [0.05, 0.1) is 30.6 Å². The smallest absolute Gasteiger partial charge is 0.238 e. The van der Waals surface area contributed by atoms with Crippen molar-refractivity contribution in [1.29, 1.82) is 5.26 Å². The Labute approximate surface area is 198 Å². The summed E-state index contributed by atoms with van der Waals surface area (Å²) in [5.74, 6) is 2.13. The van der Waals surface area contributed by atoms with Gasteiger partial charge in [0.15, 0.2) is 5.82 Å². The minimum absolute atomic E-state index is 0.125. The average Bonchev–Trinajstić information content (AvgIpc) is 3.50. The average molecular weight is 454 g/mol. The Morgan fingerprint density at radius 2 is 2.03 bits per heavy atom. The van der Waals surface area contributed by atoms with Gasteiger partial charge in [-0.1, -0.05) is 24.3 Å². The number of fused-ring (bicyclic) bond motifs is 1. The third kappa shape index (κ3) is 3.83. The van der Waals surface area contributed by atoms with Crippen LogP contribution >= 0.6 is 0 Å². The fourth-order valence-corrected chi connectivity index (χ4v) is 4.44. The molecule has 0 bridgehead atoms. The van der Waals surface area contributed by atoms with Gasteiger partial charge in [-0.3, -0.25) is 0 Å². The number of rotatable bonds is 5. The third-order valence-corrected chi connectivity index (χ3v) is 6.42. The molecule has 0 amide bonds. The van der Waals surface area contributed by atoms with Crippen LogP contribution in [0.25, 0.3) is 17.2 Å². The number of pyridine rings is 1. The van der Waals surface area contributed by atoms with Gasteiger partial charge in [-0.25, -0.2) is 19.6 Å². The number of imidazole rings is 1. The highest BCUT2D eigenvalue weighted by Crippen LogP contribution is 2.35. The summed E-state index contributed by atoms with van der Waals surface area (Å²) in [6.45, 7) is 6.66. The molecule has 1 aromatic carbocycles. The van der Waals surface area contributed by atoms with E-state index in [4.69, 9.17) is 19.8 Å². The standard InChI is InChI=1S/C26H27N7O/c1-17-14-32(16-28-17)22-11-10-21(29-25(22)34-4)23-30-24-20(9-6-12-33(24)31-23)18-7-5-8-19(13-18)26(2,3)15-27/h5,7-8,10-11,13-14,16,20H,6,9,12H2,1-4H3/t20-/m0/s1. The fraction of sp³-hybridized carbons (Fsp3) is 0.346. The van der Waals surface area contributed by atoms with E-state index in [-0.39, 0.29) is 5.92 Å². The predicted octanol–water partition coefficient (Wildman–Crippen LogP) is 4.57. The summed E-state index contributed by atoms with van der Waals surface area (Å²) in [6, 6.07) is 14.6.